The molecule has 3 rings (SSSR count). The first-order chi connectivity index (χ1) is 9.62. The largest absolute Gasteiger partial charge is 0.315 e. The molecule has 0 radical (unpaired) electrons. The normalized spacial score (nSPS) is 16.8. The van der Waals surface area contributed by atoms with Gasteiger partial charge in [-0.1, -0.05) is 47.5 Å². The van der Waals surface area contributed by atoms with Gasteiger partial charge in [-0.3, -0.25) is 0 Å². The van der Waals surface area contributed by atoms with Gasteiger partial charge in [-0.15, -0.1) is 0 Å². The van der Waals surface area contributed by atoms with Gasteiger partial charge in [0.15, 0.2) is 0 Å². The maximum absolute atomic E-state index is 14.0. The molecule has 1 saturated heterocycles. The monoisotopic (exact) mass is 309 g/mol. The van der Waals surface area contributed by atoms with Gasteiger partial charge < -0.3 is 5.32 Å². The third-order valence-corrected chi connectivity index (χ3v) is 4.63. The fourth-order valence-electron chi connectivity index (χ4n) is 2.77. The molecule has 0 aromatic heterocycles. The van der Waals surface area contributed by atoms with Gasteiger partial charge in [-0.05, 0) is 30.2 Å². The molecule has 1 nitrogen and oxygen atoms in total. The molecular weight excluding hydrogens is 296 g/mol. The van der Waals surface area contributed by atoms with Crippen molar-refractivity contribution >= 4 is 23.2 Å². The first kappa shape index (κ1) is 13.9. The molecule has 20 heavy (non-hydrogen) atoms. The smallest absolute Gasteiger partial charge is 0.127 e. The Morgan fingerprint density at radius 3 is 2.30 bits per heavy atom. The van der Waals surface area contributed by atoms with Crippen molar-refractivity contribution in [3.63, 3.8) is 0 Å². The van der Waals surface area contributed by atoms with Gasteiger partial charge in [0.25, 0.3) is 0 Å². The van der Waals surface area contributed by atoms with Crippen LogP contribution in [0.15, 0.2) is 42.5 Å². The fraction of sp³-hybridized carbons (Fsp3) is 0.250. The van der Waals surface area contributed by atoms with Gasteiger partial charge >= 0.3 is 0 Å². The summed E-state index contributed by atoms with van der Waals surface area (Å²) in [6.07, 6.45) is 0.551. The number of nitrogens with one attached hydrogen (secondary N) is 1. The summed E-state index contributed by atoms with van der Waals surface area (Å²) in [7, 11) is 0. The van der Waals surface area contributed by atoms with E-state index in [2.05, 4.69) is 5.32 Å². The number of hydrogen-bond donors (Lipinski definition) is 1. The SMILES string of the molecule is Fc1cccc(Cl)c1CC1(c2ccccc2Cl)CNC1. The molecule has 4 heteroatoms. The second-order valence-corrected chi connectivity index (χ2v) is 6.06. The fourth-order valence-corrected chi connectivity index (χ4v) is 3.33. The molecule has 0 aliphatic carbocycles. The average molecular weight is 310 g/mol. The van der Waals surface area contributed by atoms with Crippen LogP contribution in [0.5, 0.6) is 0 Å². The highest BCUT2D eigenvalue weighted by Gasteiger charge is 2.41. The van der Waals surface area contributed by atoms with Gasteiger partial charge in [0.05, 0.1) is 0 Å². The molecule has 104 valence electrons. The summed E-state index contributed by atoms with van der Waals surface area (Å²) in [6, 6.07) is 12.6. The van der Waals surface area contributed by atoms with E-state index in [1.807, 2.05) is 24.3 Å². The van der Waals surface area contributed by atoms with Crippen LogP contribution in [0.1, 0.15) is 11.1 Å². The van der Waals surface area contributed by atoms with E-state index in [0.29, 0.717) is 17.0 Å². The Bertz CT molecular complexity index is 618. The minimum Gasteiger partial charge on any atom is -0.315 e. The van der Waals surface area contributed by atoms with Crippen LogP contribution in [0.3, 0.4) is 0 Å². The van der Waals surface area contributed by atoms with Crippen LogP contribution in [0, 0.1) is 5.82 Å². The van der Waals surface area contributed by atoms with Crippen LogP contribution >= 0.6 is 23.2 Å². The molecule has 0 unspecified atom stereocenters. The Balaban J connectivity index is 2.01. The number of halogens is 3. The lowest BCUT2D eigenvalue weighted by Gasteiger charge is -2.44. The molecule has 0 bridgehead atoms. The van der Waals surface area contributed by atoms with Crippen LogP contribution in [0.25, 0.3) is 0 Å². The van der Waals surface area contributed by atoms with E-state index in [1.54, 1.807) is 12.1 Å². The maximum atomic E-state index is 14.0. The Hall–Kier alpha value is -1.09. The van der Waals surface area contributed by atoms with Gasteiger partial charge in [0.2, 0.25) is 0 Å². The quantitative estimate of drug-likeness (QED) is 0.895. The predicted molar refractivity (Wildman–Crippen MR) is 81.1 cm³/mol. The van der Waals surface area contributed by atoms with Gasteiger partial charge in [-0.25, -0.2) is 4.39 Å². The maximum Gasteiger partial charge on any atom is 0.127 e. The first-order valence-electron chi connectivity index (χ1n) is 6.51. The van der Waals surface area contributed by atoms with Gasteiger partial charge in [-0.2, -0.15) is 0 Å². The minimum atomic E-state index is -0.254. The minimum absolute atomic E-state index is 0.176. The number of hydrogen-bond acceptors (Lipinski definition) is 1. The second-order valence-electron chi connectivity index (χ2n) is 5.24. The molecule has 1 aliphatic heterocycles. The van der Waals surface area contributed by atoms with Gasteiger partial charge in [0, 0.05) is 34.1 Å². The highest BCUT2D eigenvalue weighted by Crippen LogP contribution is 2.38. The van der Waals surface area contributed by atoms with Crippen LogP contribution in [0.2, 0.25) is 10.0 Å². The van der Waals surface area contributed by atoms with Crippen molar-refractivity contribution in [2.75, 3.05) is 13.1 Å². The Labute approximate surface area is 127 Å². The topological polar surface area (TPSA) is 12.0 Å². The summed E-state index contributed by atoms with van der Waals surface area (Å²) < 4.78 is 14.0. The summed E-state index contributed by atoms with van der Waals surface area (Å²) >= 11 is 12.5. The van der Waals surface area contributed by atoms with Crippen molar-refractivity contribution in [1.29, 1.82) is 0 Å². The highest BCUT2D eigenvalue weighted by atomic mass is 35.5. The molecular formula is C16H14Cl2FN. The Morgan fingerprint density at radius 1 is 1.00 bits per heavy atom. The lowest BCUT2D eigenvalue weighted by molar-refractivity contribution is 0.272. The first-order valence-corrected chi connectivity index (χ1v) is 7.27. The van der Waals surface area contributed by atoms with E-state index in [9.17, 15) is 4.39 Å². The number of benzene rings is 2. The van der Waals surface area contributed by atoms with Crippen LogP contribution < -0.4 is 5.32 Å². The zero-order valence-corrected chi connectivity index (χ0v) is 12.3. The average Bonchev–Trinajstić information content (AvgIpc) is 2.38. The van der Waals surface area contributed by atoms with Crippen molar-refractivity contribution in [2.24, 2.45) is 0 Å². The summed E-state index contributed by atoms with van der Waals surface area (Å²) in [5.41, 5.74) is 1.44. The van der Waals surface area contributed by atoms with E-state index >= 15 is 0 Å². The van der Waals surface area contributed by atoms with E-state index in [4.69, 9.17) is 23.2 Å². The summed E-state index contributed by atoms with van der Waals surface area (Å²) in [6.45, 7) is 1.56. The Kier molecular flexibility index (Phi) is 3.72. The third-order valence-electron chi connectivity index (χ3n) is 3.95. The van der Waals surface area contributed by atoms with E-state index < -0.39 is 0 Å². The van der Waals surface area contributed by atoms with Crippen molar-refractivity contribution < 1.29 is 4.39 Å². The zero-order valence-electron chi connectivity index (χ0n) is 10.8. The molecule has 0 spiro atoms. The van der Waals surface area contributed by atoms with Crippen molar-refractivity contribution in [2.45, 2.75) is 11.8 Å². The summed E-state index contributed by atoms with van der Waals surface area (Å²) in [5, 5.41) is 4.46. The van der Waals surface area contributed by atoms with Gasteiger partial charge in [0.1, 0.15) is 5.82 Å². The molecule has 0 saturated carbocycles. The van der Waals surface area contributed by atoms with E-state index in [-0.39, 0.29) is 11.2 Å². The van der Waals surface area contributed by atoms with Crippen LogP contribution in [0.4, 0.5) is 4.39 Å². The molecule has 1 heterocycles. The number of rotatable bonds is 3. The summed E-state index contributed by atoms with van der Waals surface area (Å²) in [4.78, 5) is 0. The zero-order chi connectivity index (χ0) is 14.2. The third kappa shape index (κ3) is 2.32. The van der Waals surface area contributed by atoms with Crippen molar-refractivity contribution in [3.8, 4) is 0 Å². The lowest BCUT2D eigenvalue weighted by Crippen LogP contribution is -2.58. The standard InChI is InChI=1S/C16H14Cl2FN/c17-13-6-3-7-15(19)11(13)8-16(9-20-10-16)12-4-1-2-5-14(12)18/h1-7,20H,8-10H2. The molecule has 1 N–H and O–H groups in total. The van der Waals surface area contributed by atoms with Crippen LogP contribution in [-0.2, 0) is 11.8 Å². The van der Waals surface area contributed by atoms with E-state index in [1.165, 1.54) is 6.07 Å². The Morgan fingerprint density at radius 2 is 1.70 bits per heavy atom. The molecule has 1 fully saturated rings. The molecule has 1 aliphatic rings. The molecule has 0 amide bonds. The van der Waals surface area contributed by atoms with Crippen molar-refractivity contribution in [3.05, 3.63) is 69.5 Å². The highest BCUT2D eigenvalue weighted by molar-refractivity contribution is 6.32. The summed E-state index contributed by atoms with van der Waals surface area (Å²) in [5.74, 6) is -0.254. The second kappa shape index (κ2) is 5.36. The lowest BCUT2D eigenvalue weighted by atomic mass is 9.71. The molecule has 0 atom stereocenters. The van der Waals surface area contributed by atoms with Crippen LogP contribution in [-0.4, -0.2) is 13.1 Å². The predicted octanol–water partition coefficient (Wildman–Crippen LogP) is 4.22. The van der Waals surface area contributed by atoms with E-state index in [0.717, 1.165) is 23.7 Å². The molecule has 2 aromatic carbocycles. The molecule has 2 aromatic rings. The van der Waals surface area contributed by atoms with Crippen molar-refractivity contribution in [1.82, 2.24) is 5.32 Å².